The monoisotopic (exact) mass is 416 g/mol. The summed E-state index contributed by atoms with van der Waals surface area (Å²) in [6, 6.07) is 0. The molecule has 0 aromatic heterocycles. The quantitative estimate of drug-likeness (QED) is 0.463. The molecule has 2 nitrogen and oxygen atoms in total. The van der Waals surface area contributed by atoms with Crippen LogP contribution in [-0.2, 0) is 9.47 Å². The van der Waals surface area contributed by atoms with Crippen LogP contribution >= 0.6 is 0 Å². The van der Waals surface area contributed by atoms with E-state index in [1.807, 2.05) is 0 Å². The summed E-state index contributed by atoms with van der Waals surface area (Å²) >= 11 is 0. The molecule has 5 aliphatic rings. The van der Waals surface area contributed by atoms with E-state index in [9.17, 15) is 0 Å². The number of rotatable bonds is 5. The van der Waals surface area contributed by atoms with Gasteiger partial charge in [0.25, 0.3) is 0 Å². The maximum absolute atomic E-state index is 6.23. The van der Waals surface area contributed by atoms with Gasteiger partial charge in [0.15, 0.2) is 5.79 Å². The zero-order valence-corrected chi connectivity index (χ0v) is 20.6. The van der Waals surface area contributed by atoms with Gasteiger partial charge >= 0.3 is 0 Å². The average molecular weight is 417 g/mol. The highest BCUT2D eigenvalue weighted by atomic mass is 16.7. The Bertz CT molecular complexity index is 622. The minimum atomic E-state index is -0.210. The Hall–Kier alpha value is -0.0800. The molecule has 5 fully saturated rings. The number of hydrogen-bond acceptors (Lipinski definition) is 2. The van der Waals surface area contributed by atoms with Crippen molar-refractivity contribution in [1.29, 1.82) is 0 Å². The van der Waals surface area contributed by atoms with Gasteiger partial charge < -0.3 is 9.47 Å². The number of ether oxygens (including phenoxy) is 2. The molecule has 172 valence electrons. The predicted octanol–water partition coefficient (Wildman–Crippen LogP) is 7.46. The SMILES string of the molecule is CC(C)CCC[C@@H](C)[C@H]1CC[C@H]2[C@@H]3CC[C@H]4CC5(C[C@]4(C)[C@H]3CC[C@]12C)OCCO5. The third-order valence-corrected chi connectivity index (χ3v) is 11.3. The first-order valence-electron chi connectivity index (χ1n) is 13.6. The zero-order chi connectivity index (χ0) is 21.1. The predicted molar refractivity (Wildman–Crippen MR) is 123 cm³/mol. The zero-order valence-electron chi connectivity index (χ0n) is 20.6. The van der Waals surface area contributed by atoms with Crippen LogP contribution in [-0.4, -0.2) is 19.0 Å². The lowest BCUT2D eigenvalue weighted by Crippen LogP contribution is -2.51. The van der Waals surface area contributed by atoms with Gasteiger partial charge in [0.05, 0.1) is 13.2 Å². The van der Waals surface area contributed by atoms with Gasteiger partial charge in [-0.25, -0.2) is 0 Å². The first-order chi connectivity index (χ1) is 14.3. The van der Waals surface area contributed by atoms with Gasteiger partial charge in [-0.1, -0.05) is 53.9 Å². The molecule has 1 aliphatic heterocycles. The van der Waals surface area contributed by atoms with E-state index in [0.29, 0.717) is 10.8 Å². The lowest BCUT2D eigenvalue weighted by Gasteiger charge is -2.58. The van der Waals surface area contributed by atoms with Crippen molar-refractivity contribution in [1.82, 2.24) is 0 Å². The number of fused-ring (bicyclic) bond motifs is 5. The molecule has 0 aromatic carbocycles. The summed E-state index contributed by atoms with van der Waals surface area (Å²) in [5, 5.41) is 0. The fourth-order valence-corrected chi connectivity index (χ4v) is 9.91. The minimum absolute atomic E-state index is 0.210. The van der Waals surface area contributed by atoms with Crippen molar-refractivity contribution in [3.63, 3.8) is 0 Å². The molecule has 1 heterocycles. The molecule has 0 unspecified atom stereocenters. The van der Waals surface area contributed by atoms with Gasteiger partial charge in [-0.3, -0.25) is 0 Å². The molecule has 1 saturated heterocycles. The lowest BCUT2D eigenvalue weighted by atomic mass is 9.47. The molecule has 1 spiro atoms. The van der Waals surface area contributed by atoms with Crippen molar-refractivity contribution < 1.29 is 9.47 Å². The Balaban J connectivity index is 1.30. The fraction of sp³-hybridized carbons (Fsp3) is 1.00. The van der Waals surface area contributed by atoms with Gasteiger partial charge in [0.2, 0.25) is 0 Å². The van der Waals surface area contributed by atoms with Crippen LogP contribution in [0.2, 0.25) is 0 Å². The van der Waals surface area contributed by atoms with Crippen LogP contribution in [0, 0.1) is 52.3 Å². The van der Waals surface area contributed by atoms with Crippen LogP contribution in [0.25, 0.3) is 0 Å². The summed E-state index contributed by atoms with van der Waals surface area (Å²) < 4.78 is 12.5. The Kier molecular flexibility index (Phi) is 5.62. The second-order valence-corrected chi connectivity index (χ2v) is 13.2. The Labute approximate surface area is 186 Å². The third kappa shape index (κ3) is 3.33. The highest BCUT2D eigenvalue weighted by Crippen LogP contribution is 2.70. The molecule has 0 bridgehead atoms. The second-order valence-electron chi connectivity index (χ2n) is 13.2. The summed E-state index contributed by atoms with van der Waals surface area (Å²) in [6.45, 7) is 14.3. The normalized spacial score (nSPS) is 48.0. The van der Waals surface area contributed by atoms with Crippen molar-refractivity contribution in [2.24, 2.45) is 52.3 Å². The molecular weight excluding hydrogens is 368 g/mol. The molecule has 0 amide bonds. The third-order valence-electron chi connectivity index (χ3n) is 11.3. The molecule has 2 heteroatoms. The van der Waals surface area contributed by atoms with Gasteiger partial charge in [-0.05, 0) is 90.8 Å². The van der Waals surface area contributed by atoms with Crippen LogP contribution in [0.5, 0.6) is 0 Å². The summed E-state index contributed by atoms with van der Waals surface area (Å²) in [5.74, 6) is 6.22. The van der Waals surface area contributed by atoms with Crippen molar-refractivity contribution in [3.05, 3.63) is 0 Å². The van der Waals surface area contributed by atoms with E-state index in [1.54, 1.807) is 0 Å². The second kappa shape index (κ2) is 7.75. The van der Waals surface area contributed by atoms with Crippen LogP contribution in [0.3, 0.4) is 0 Å². The maximum atomic E-state index is 6.23. The standard InChI is InChI=1S/C28H48O2/c1-19(2)7-6-8-20(3)23-11-12-24-22-10-9-21-17-28(29-15-16-30-28)18-27(21,5)25(22)13-14-26(23,24)4/h19-25H,6-18H2,1-5H3/t20-,21+,22+,23-,24+,25+,26-,27+/m1/s1. The molecule has 0 aromatic rings. The van der Waals surface area contributed by atoms with E-state index >= 15 is 0 Å². The van der Waals surface area contributed by atoms with Crippen LogP contribution in [0.4, 0.5) is 0 Å². The summed E-state index contributed by atoms with van der Waals surface area (Å²) in [7, 11) is 0. The number of hydrogen-bond donors (Lipinski definition) is 0. The largest absolute Gasteiger partial charge is 0.348 e. The summed E-state index contributed by atoms with van der Waals surface area (Å²) in [5.41, 5.74) is 1.06. The molecule has 5 rings (SSSR count). The fourth-order valence-electron chi connectivity index (χ4n) is 9.91. The smallest absolute Gasteiger partial charge is 0.169 e. The lowest BCUT2D eigenvalue weighted by molar-refractivity contribution is -0.162. The van der Waals surface area contributed by atoms with Crippen LogP contribution < -0.4 is 0 Å². The van der Waals surface area contributed by atoms with Gasteiger partial charge in [-0.15, -0.1) is 0 Å². The topological polar surface area (TPSA) is 18.5 Å². The highest BCUT2D eigenvalue weighted by Gasteiger charge is 2.65. The van der Waals surface area contributed by atoms with Crippen molar-refractivity contribution in [3.8, 4) is 0 Å². The van der Waals surface area contributed by atoms with E-state index in [0.717, 1.165) is 54.6 Å². The van der Waals surface area contributed by atoms with Gasteiger partial charge in [0.1, 0.15) is 0 Å². The highest BCUT2D eigenvalue weighted by molar-refractivity contribution is 5.12. The van der Waals surface area contributed by atoms with Crippen LogP contribution in [0.1, 0.15) is 105 Å². The maximum Gasteiger partial charge on any atom is 0.169 e. The molecule has 4 aliphatic carbocycles. The Morgan fingerprint density at radius 1 is 0.833 bits per heavy atom. The molecular formula is C28H48O2. The van der Waals surface area contributed by atoms with E-state index < -0.39 is 0 Å². The Morgan fingerprint density at radius 3 is 2.30 bits per heavy atom. The van der Waals surface area contributed by atoms with E-state index in [1.165, 1.54) is 70.6 Å². The first kappa shape index (κ1) is 21.7. The van der Waals surface area contributed by atoms with E-state index in [2.05, 4.69) is 34.6 Å². The molecule has 30 heavy (non-hydrogen) atoms. The molecule has 4 saturated carbocycles. The van der Waals surface area contributed by atoms with Gasteiger partial charge in [0, 0.05) is 12.8 Å². The molecule has 8 atom stereocenters. The molecule has 0 N–H and O–H groups in total. The van der Waals surface area contributed by atoms with Gasteiger partial charge in [-0.2, -0.15) is 0 Å². The molecule has 0 radical (unpaired) electrons. The summed E-state index contributed by atoms with van der Waals surface area (Å²) in [4.78, 5) is 0. The van der Waals surface area contributed by atoms with Crippen molar-refractivity contribution >= 4 is 0 Å². The van der Waals surface area contributed by atoms with Crippen molar-refractivity contribution in [2.75, 3.05) is 13.2 Å². The Morgan fingerprint density at radius 2 is 1.57 bits per heavy atom. The van der Waals surface area contributed by atoms with E-state index in [4.69, 9.17) is 9.47 Å². The van der Waals surface area contributed by atoms with Crippen molar-refractivity contribution in [2.45, 2.75) is 111 Å². The van der Waals surface area contributed by atoms with Crippen LogP contribution in [0.15, 0.2) is 0 Å². The first-order valence-corrected chi connectivity index (χ1v) is 13.6. The average Bonchev–Trinajstić information content (AvgIpc) is 3.35. The summed E-state index contributed by atoms with van der Waals surface area (Å²) in [6.07, 6.45) is 15.5. The minimum Gasteiger partial charge on any atom is -0.348 e. The van der Waals surface area contributed by atoms with E-state index in [-0.39, 0.29) is 5.79 Å².